The third-order valence-electron chi connectivity index (χ3n) is 3.61. The van der Waals surface area contributed by atoms with E-state index in [1.807, 2.05) is 0 Å². The van der Waals surface area contributed by atoms with Gasteiger partial charge < -0.3 is 9.47 Å². The van der Waals surface area contributed by atoms with Gasteiger partial charge >= 0.3 is 5.97 Å². The summed E-state index contributed by atoms with van der Waals surface area (Å²) in [6.45, 7) is 1.29. The highest BCUT2D eigenvalue weighted by molar-refractivity contribution is 6.33. The number of methoxy groups -OCH3 is 1. The van der Waals surface area contributed by atoms with Crippen molar-refractivity contribution in [3.63, 3.8) is 0 Å². The minimum Gasteiger partial charge on any atom is -0.495 e. The van der Waals surface area contributed by atoms with Crippen LogP contribution in [0.1, 0.15) is 17.3 Å². The predicted molar refractivity (Wildman–Crippen MR) is 96.0 cm³/mol. The minimum atomic E-state index is -0.495. The molecule has 0 radical (unpaired) electrons. The van der Waals surface area contributed by atoms with E-state index < -0.39 is 5.97 Å². The Balaban J connectivity index is 2.20. The summed E-state index contributed by atoms with van der Waals surface area (Å²) >= 11 is 12.0. The third-order valence-corrected chi connectivity index (χ3v) is 4.15. The smallest absolute Gasteiger partial charge is 0.308 e. The summed E-state index contributed by atoms with van der Waals surface area (Å²) in [4.78, 5) is 24.2. The van der Waals surface area contributed by atoms with Crippen LogP contribution in [0.2, 0.25) is 10.0 Å². The average molecular weight is 378 g/mol. The van der Waals surface area contributed by atoms with Crippen LogP contribution in [0, 0.1) is 0 Å². The normalized spacial score (nSPS) is 10.7. The van der Waals surface area contributed by atoms with Crippen molar-refractivity contribution >= 4 is 46.0 Å². The fourth-order valence-electron chi connectivity index (χ4n) is 2.49. The van der Waals surface area contributed by atoms with Gasteiger partial charge in [0.25, 0.3) is 5.91 Å². The standard InChI is InChI=1S/C18H13Cl2NO4/c1-10(22)25-17-9-21(18(23)11-3-5-12(19)6-4-11)15-8-16(24-2)14(20)7-13(15)17/h3-9H,1-2H3. The predicted octanol–water partition coefficient (Wildman–Crippen LogP) is 4.57. The van der Waals surface area contributed by atoms with Gasteiger partial charge in [0, 0.05) is 29.0 Å². The molecule has 0 fully saturated rings. The van der Waals surface area contributed by atoms with E-state index in [1.54, 1.807) is 36.4 Å². The quantitative estimate of drug-likeness (QED) is 0.627. The number of hydrogen-bond donors (Lipinski definition) is 0. The Kier molecular flexibility index (Phi) is 4.70. The first-order valence-electron chi connectivity index (χ1n) is 7.28. The van der Waals surface area contributed by atoms with Crippen LogP contribution in [0.4, 0.5) is 0 Å². The summed E-state index contributed by atoms with van der Waals surface area (Å²) in [5, 5.41) is 1.41. The van der Waals surface area contributed by atoms with E-state index in [1.165, 1.54) is 24.8 Å². The Hall–Kier alpha value is -2.50. The fraction of sp³-hybridized carbons (Fsp3) is 0.111. The van der Waals surface area contributed by atoms with Crippen LogP contribution in [-0.4, -0.2) is 23.6 Å². The van der Waals surface area contributed by atoms with Crippen molar-refractivity contribution in [2.75, 3.05) is 7.11 Å². The highest BCUT2D eigenvalue weighted by Crippen LogP contribution is 2.36. The molecule has 0 amide bonds. The molecule has 1 heterocycles. The fourth-order valence-corrected chi connectivity index (χ4v) is 2.85. The summed E-state index contributed by atoms with van der Waals surface area (Å²) in [7, 11) is 1.48. The van der Waals surface area contributed by atoms with Crippen LogP contribution in [0.15, 0.2) is 42.6 Å². The number of rotatable bonds is 3. The van der Waals surface area contributed by atoms with Crippen LogP contribution in [0.3, 0.4) is 0 Å². The molecule has 0 saturated heterocycles. The van der Waals surface area contributed by atoms with Crippen molar-refractivity contribution in [3.8, 4) is 11.5 Å². The number of carbonyl (C=O) groups excluding carboxylic acids is 2. The lowest BCUT2D eigenvalue weighted by Crippen LogP contribution is -2.10. The Morgan fingerprint density at radius 1 is 1.04 bits per heavy atom. The van der Waals surface area contributed by atoms with E-state index in [-0.39, 0.29) is 11.7 Å². The van der Waals surface area contributed by atoms with E-state index in [0.29, 0.717) is 32.3 Å². The molecule has 3 rings (SSSR count). The second-order valence-corrected chi connectivity index (χ2v) is 6.12. The van der Waals surface area contributed by atoms with Crippen molar-refractivity contribution in [2.24, 2.45) is 0 Å². The number of halogens is 2. The number of aromatic nitrogens is 1. The van der Waals surface area contributed by atoms with Crippen LogP contribution in [0.25, 0.3) is 10.9 Å². The van der Waals surface area contributed by atoms with Crippen molar-refractivity contribution in [1.29, 1.82) is 0 Å². The number of nitrogens with zero attached hydrogens (tertiary/aromatic N) is 1. The van der Waals surface area contributed by atoms with Gasteiger partial charge in [-0.25, -0.2) is 0 Å². The maximum Gasteiger partial charge on any atom is 0.308 e. The highest BCUT2D eigenvalue weighted by Gasteiger charge is 2.19. The Labute approximate surface area is 153 Å². The zero-order valence-electron chi connectivity index (χ0n) is 13.4. The molecule has 3 aromatic rings. The second kappa shape index (κ2) is 6.78. The molecule has 2 aromatic carbocycles. The highest BCUT2D eigenvalue weighted by atomic mass is 35.5. The molecule has 0 aliphatic heterocycles. The van der Waals surface area contributed by atoms with Gasteiger partial charge in [0.15, 0.2) is 5.75 Å². The van der Waals surface area contributed by atoms with Crippen molar-refractivity contribution in [3.05, 3.63) is 58.2 Å². The van der Waals surface area contributed by atoms with Crippen molar-refractivity contribution in [2.45, 2.75) is 6.92 Å². The molecular weight excluding hydrogens is 365 g/mol. The lowest BCUT2D eigenvalue weighted by atomic mass is 10.2. The van der Waals surface area contributed by atoms with Gasteiger partial charge in [0.2, 0.25) is 0 Å². The van der Waals surface area contributed by atoms with Gasteiger partial charge in [-0.15, -0.1) is 0 Å². The minimum absolute atomic E-state index is 0.245. The molecular formula is C18H13Cl2NO4. The Bertz CT molecular complexity index is 977. The lowest BCUT2D eigenvalue weighted by molar-refractivity contribution is -0.131. The largest absolute Gasteiger partial charge is 0.495 e. The van der Waals surface area contributed by atoms with E-state index in [2.05, 4.69) is 0 Å². The topological polar surface area (TPSA) is 57.5 Å². The van der Waals surface area contributed by atoms with Gasteiger partial charge in [0.05, 0.1) is 23.8 Å². The molecule has 7 heteroatoms. The summed E-state index contributed by atoms with van der Waals surface area (Å²) in [5.41, 5.74) is 0.946. The van der Waals surface area contributed by atoms with Gasteiger partial charge in [-0.05, 0) is 30.3 Å². The lowest BCUT2D eigenvalue weighted by Gasteiger charge is -2.07. The molecule has 0 spiro atoms. The Morgan fingerprint density at radius 3 is 2.32 bits per heavy atom. The van der Waals surface area contributed by atoms with Crippen molar-refractivity contribution in [1.82, 2.24) is 4.57 Å². The van der Waals surface area contributed by atoms with Gasteiger partial charge in [-0.1, -0.05) is 23.2 Å². The van der Waals surface area contributed by atoms with E-state index in [0.717, 1.165) is 0 Å². The Morgan fingerprint density at radius 2 is 1.72 bits per heavy atom. The van der Waals surface area contributed by atoms with Crippen molar-refractivity contribution < 1.29 is 19.1 Å². The van der Waals surface area contributed by atoms with Crippen LogP contribution < -0.4 is 9.47 Å². The number of ether oxygens (including phenoxy) is 2. The van der Waals surface area contributed by atoms with Crippen LogP contribution in [0.5, 0.6) is 11.5 Å². The van der Waals surface area contributed by atoms with E-state index >= 15 is 0 Å². The number of carbonyl (C=O) groups is 2. The number of fused-ring (bicyclic) bond motifs is 1. The average Bonchev–Trinajstić information content (AvgIpc) is 2.91. The molecule has 0 atom stereocenters. The number of hydrogen-bond acceptors (Lipinski definition) is 4. The molecule has 1 aromatic heterocycles. The van der Waals surface area contributed by atoms with Gasteiger partial charge in [-0.3, -0.25) is 14.2 Å². The maximum absolute atomic E-state index is 12.9. The monoisotopic (exact) mass is 377 g/mol. The summed E-state index contributed by atoms with van der Waals surface area (Å²) in [6, 6.07) is 9.72. The first-order valence-corrected chi connectivity index (χ1v) is 8.03. The molecule has 5 nitrogen and oxygen atoms in total. The summed E-state index contributed by atoms with van der Waals surface area (Å²) < 4.78 is 11.8. The summed E-state index contributed by atoms with van der Waals surface area (Å²) in [6.07, 6.45) is 1.46. The number of esters is 1. The third kappa shape index (κ3) is 3.34. The van der Waals surface area contributed by atoms with Gasteiger partial charge in [0.1, 0.15) is 5.75 Å². The second-order valence-electron chi connectivity index (χ2n) is 5.27. The molecule has 0 aliphatic carbocycles. The molecule has 0 unspecified atom stereocenters. The van der Waals surface area contributed by atoms with Crippen LogP contribution >= 0.6 is 23.2 Å². The summed E-state index contributed by atoms with van der Waals surface area (Å²) in [5.74, 6) is -0.143. The maximum atomic E-state index is 12.9. The van der Waals surface area contributed by atoms with Gasteiger partial charge in [-0.2, -0.15) is 0 Å². The zero-order valence-corrected chi connectivity index (χ0v) is 14.9. The molecule has 0 bridgehead atoms. The first kappa shape index (κ1) is 17.3. The molecule has 0 N–H and O–H groups in total. The van der Waals surface area contributed by atoms with E-state index in [9.17, 15) is 9.59 Å². The number of benzene rings is 2. The molecule has 0 aliphatic rings. The first-order chi connectivity index (χ1) is 11.9. The zero-order chi connectivity index (χ0) is 18.1. The molecule has 25 heavy (non-hydrogen) atoms. The SMILES string of the molecule is COc1cc2c(cc1Cl)c(OC(C)=O)cn2C(=O)c1ccc(Cl)cc1. The van der Waals surface area contributed by atoms with Crippen LogP contribution in [-0.2, 0) is 4.79 Å². The molecule has 0 saturated carbocycles. The van der Waals surface area contributed by atoms with E-state index in [4.69, 9.17) is 32.7 Å². The molecule has 128 valence electrons.